The lowest BCUT2D eigenvalue weighted by atomic mass is 9.93. The Labute approximate surface area is 59.8 Å². The number of aliphatic hydroxyl groups excluding tert-OH is 3. The molecule has 1 heterocycles. The minimum Gasteiger partial charge on any atom is -0.394 e. The molecule has 4 atom stereocenters. The fourth-order valence-electron chi connectivity index (χ4n) is 0.928. The van der Waals surface area contributed by atoms with Gasteiger partial charge in [0.15, 0.2) is 0 Å². The Hall–Kier alpha value is -0.0951. The third-order valence-electron chi connectivity index (χ3n) is 1.58. The van der Waals surface area contributed by atoms with Gasteiger partial charge in [0.1, 0.15) is 20.1 Å². The van der Waals surface area contributed by atoms with Crippen molar-refractivity contribution in [2.24, 2.45) is 0 Å². The van der Waals surface area contributed by atoms with E-state index in [0.29, 0.717) is 0 Å². The lowest BCUT2D eigenvalue weighted by Crippen LogP contribution is -2.33. The average Bonchev–Trinajstić information content (AvgIpc) is 2.17. The summed E-state index contributed by atoms with van der Waals surface area (Å²) in [5, 5.41) is 26.5. The molecule has 0 amide bonds. The molecule has 0 aromatic carbocycles. The standard InChI is InChI=1S/C5H9BO4/c6-5-4(9)3(8)2(1-7)10-5/h2-5,7-9H,1H2/t2-,3+,4+,5-/m1/s1. The zero-order valence-corrected chi connectivity index (χ0v) is 5.34. The molecule has 1 fully saturated rings. The summed E-state index contributed by atoms with van der Waals surface area (Å²) in [7, 11) is 5.19. The van der Waals surface area contributed by atoms with Gasteiger partial charge in [0.25, 0.3) is 0 Å². The van der Waals surface area contributed by atoms with Crippen LogP contribution in [0.1, 0.15) is 0 Å². The quantitative estimate of drug-likeness (QED) is 0.358. The van der Waals surface area contributed by atoms with Gasteiger partial charge < -0.3 is 20.1 Å². The maximum absolute atomic E-state index is 9.01. The number of hydrogen-bond acceptors (Lipinski definition) is 4. The Morgan fingerprint density at radius 1 is 1.30 bits per heavy atom. The Balaban J connectivity index is 2.53. The predicted molar refractivity (Wildman–Crippen MR) is 33.5 cm³/mol. The molecule has 3 N–H and O–H groups in total. The van der Waals surface area contributed by atoms with Gasteiger partial charge in [-0.2, -0.15) is 0 Å². The zero-order chi connectivity index (χ0) is 7.72. The molecule has 0 spiro atoms. The minimum absolute atomic E-state index is 0.327. The van der Waals surface area contributed by atoms with Crippen molar-refractivity contribution in [3.05, 3.63) is 0 Å². The average molecular weight is 144 g/mol. The van der Waals surface area contributed by atoms with Crippen LogP contribution in [0.4, 0.5) is 0 Å². The summed E-state index contributed by atoms with van der Waals surface area (Å²) in [6.45, 7) is -0.327. The monoisotopic (exact) mass is 144 g/mol. The molecule has 1 aliphatic rings. The Morgan fingerprint density at radius 2 is 1.90 bits per heavy atom. The van der Waals surface area contributed by atoms with Crippen LogP contribution in [-0.4, -0.2) is 54.1 Å². The normalized spacial score (nSPS) is 47.9. The highest BCUT2D eigenvalue weighted by molar-refractivity contribution is 6.11. The van der Waals surface area contributed by atoms with E-state index in [1.807, 2.05) is 0 Å². The maximum Gasteiger partial charge on any atom is 0.112 e. The van der Waals surface area contributed by atoms with E-state index >= 15 is 0 Å². The van der Waals surface area contributed by atoms with Crippen molar-refractivity contribution in [3.8, 4) is 0 Å². The van der Waals surface area contributed by atoms with Crippen molar-refractivity contribution in [2.45, 2.75) is 24.3 Å². The van der Waals surface area contributed by atoms with Crippen LogP contribution in [0.3, 0.4) is 0 Å². The van der Waals surface area contributed by atoms with E-state index in [1.54, 1.807) is 0 Å². The van der Waals surface area contributed by atoms with Gasteiger partial charge in [-0.15, -0.1) is 0 Å². The van der Waals surface area contributed by atoms with Gasteiger partial charge in [0.2, 0.25) is 0 Å². The molecule has 10 heavy (non-hydrogen) atoms. The van der Waals surface area contributed by atoms with E-state index in [4.69, 9.17) is 27.9 Å². The summed E-state index contributed by atoms with van der Waals surface area (Å²) in [5.41, 5.74) is 0. The molecule has 0 unspecified atom stereocenters. The minimum atomic E-state index is -1.09. The van der Waals surface area contributed by atoms with Crippen LogP contribution in [-0.2, 0) is 4.74 Å². The van der Waals surface area contributed by atoms with Gasteiger partial charge in [-0.05, 0) is 0 Å². The Kier molecular flexibility index (Phi) is 2.30. The van der Waals surface area contributed by atoms with Gasteiger partial charge in [-0.25, -0.2) is 0 Å². The first kappa shape index (κ1) is 8.01. The van der Waals surface area contributed by atoms with Crippen molar-refractivity contribution in [1.82, 2.24) is 0 Å². The first-order valence-corrected chi connectivity index (χ1v) is 3.05. The van der Waals surface area contributed by atoms with Gasteiger partial charge in [0, 0.05) is 6.00 Å². The summed E-state index contributed by atoms with van der Waals surface area (Å²) >= 11 is 0. The second-order valence-corrected chi connectivity index (χ2v) is 2.30. The molecule has 56 valence electrons. The van der Waals surface area contributed by atoms with Crippen LogP contribution >= 0.6 is 0 Å². The van der Waals surface area contributed by atoms with Gasteiger partial charge in [0.05, 0.1) is 12.7 Å². The number of aliphatic hydroxyl groups is 3. The molecule has 0 bridgehead atoms. The molecule has 0 aliphatic carbocycles. The van der Waals surface area contributed by atoms with Crippen molar-refractivity contribution in [1.29, 1.82) is 0 Å². The SMILES string of the molecule is [B][C@@H]1O[C@H](CO)[C@H](O)[C@@H]1O. The summed E-state index contributed by atoms with van der Waals surface area (Å²) in [6, 6.07) is -0.882. The topological polar surface area (TPSA) is 69.9 Å². The zero-order valence-electron chi connectivity index (χ0n) is 5.34. The van der Waals surface area contributed by atoms with Crippen molar-refractivity contribution < 1.29 is 20.1 Å². The van der Waals surface area contributed by atoms with Gasteiger partial charge in [-0.3, -0.25) is 0 Å². The van der Waals surface area contributed by atoms with Crippen molar-refractivity contribution in [2.75, 3.05) is 6.61 Å². The molecule has 0 aromatic rings. The fraction of sp³-hybridized carbons (Fsp3) is 1.00. The number of hydrogen-bond donors (Lipinski definition) is 3. The van der Waals surface area contributed by atoms with E-state index < -0.39 is 24.3 Å². The molecule has 0 saturated carbocycles. The first-order valence-electron chi connectivity index (χ1n) is 3.05. The van der Waals surface area contributed by atoms with Crippen LogP contribution in [0.2, 0.25) is 0 Å². The smallest absolute Gasteiger partial charge is 0.112 e. The Morgan fingerprint density at radius 3 is 2.10 bits per heavy atom. The largest absolute Gasteiger partial charge is 0.394 e. The highest BCUT2D eigenvalue weighted by Gasteiger charge is 2.38. The van der Waals surface area contributed by atoms with Gasteiger partial charge in [-0.1, -0.05) is 0 Å². The molecule has 0 aromatic heterocycles. The molecule has 1 aliphatic heterocycles. The van der Waals surface area contributed by atoms with Crippen LogP contribution in [0.5, 0.6) is 0 Å². The predicted octanol–water partition coefficient (Wildman–Crippen LogP) is -2.41. The first-order chi connectivity index (χ1) is 4.66. The summed E-state index contributed by atoms with van der Waals surface area (Å²) < 4.78 is 4.76. The van der Waals surface area contributed by atoms with Crippen LogP contribution in [0.15, 0.2) is 0 Å². The summed E-state index contributed by atoms with van der Waals surface area (Å²) in [6.07, 6.45) is -2.90. The second kappa shape index (κ2) is 2.88. The van der Waals surface area contributed by atoms with Crippen LogP contribution in [0.25, 0.3) is 0 Å². The fourth-order valence-corrected chi connectivity index (χ4v) is 0.928. The molecular weight excluding hydrogens is 135 g/mol. The Bertz CT molecular complexity index is 120. The summed E-state index contributed by atoms with van der Waals surface area (Å²) in [5.74, 6) is 0. The van der Waals surface area contributed by atoms with Crippen LogP contribution < -0.4 is 0 Å². The van der Waals surface area contributed by atoms with E-state index in [0.717, 1.165) is 0 Å². The number of rotatable bonds is 1. The third kappa shape index (κ3) is 1.18. The van der Waals surface area contributed by atoms with Crippen molar-refractivity contribution >= 4 is 7.85 Å². The molecule has 1 saturated heterocycles. The maximum atomic E-state index is 9.01. The highest BCUT2D eigenvalue weighted by atomic mass is 16.5. The highest BCUT2D eigenvalue weighted by Crippen LogP contribution is 2.18. The molecule has 1 rings (SSSR count). The van der Waals surface area contributed by atoms with E-state index in [1.165, 1.54) is 0 Å². The van der Waals surface area contributed by atoms with E-state index in [9.17, 15) is 0 Å². The third-order valence-corrected chi connectivity index (χ3v) is 1.58. The van der Waals surface area contributed by atoms with Gasteiger partial charge >= 0.3 is 0 Å². The molecule has 5 heteroatoms. The lowest BCUT2D eigenvalue weighted by Gasteiger charge is -2.10. The van der Waals surface area contributed by atoms with E-state index in [2.05, 4.69) is 0 Å². The molecular formula is C5H9BO4. The molecule has 2 radical (unpaired) electrons. The van der Waals surface area contributed by atoms with Crippen molar-refractivity contribution in [3.63, 3.8) is 0 Å². The molecule has 4 nitrogen and oxygen atoms in total. The summed E-state index contributed by atoms with van der Waals surface area (Å²) in [4.78, 5) is 0. The van der Waals surface area contributed by atoms with Crippen LogP contribution in [0, 0.1) is 0 Å². The van der Waals surface area contributed by atoms with E-state index in [-0.39, 0.29) is 6.61 Å². The number of ether oxygens (including phenoxy) is 1. The second-order valence-electron chi connectivity index (χ2n) is 2.30. The lowest BCUT2D eigenvalue weighted by molar-refractivity contribution is -0.00875.